The summed E-state index contributed by atoms with van der Waals surface area (Å²) in [5.74, 6) is -7.75. The quantitative estimate of drug-likeness (QED) is 0.233. The van der Waals surface area contributed by atoms with Crippen molar-refractivity contribution in [1.29, 1.82) is 0 Å². The second kappa shape index (κ2) is 9.32. The summed E-state index contributed by atoms with van der Waals surface area (Å²) in [6, 6.07) is -2.15. The van der Waals surface area contributed by atoms with E-state index < -0.39 is 62.1 Å². The third-order valence-electron chi connectivity index (χ3n) is 2.59. The van der Waals surface area contributed by atoms with Gasteiger partial charge in [0, 0.05) is 13.1 Å². The summed E-state index contributed by atoms with van der Waals surface area (Å²) >= 11 is 0. The van der Waals surface area contributed by atoms with Gasteiger partial charge < -0.3 is 25.5 Å². The summed E-state index contributed by atoms with van der Waals surface area (Å²) < 4.78 is 0. The topological polar surface area (TPSA) is 193 Å². The monoisotopic (exact) mass is 336 g/mol. The molecule has 0 radical (unpaired) electrons. The summed E-state index contributed by atoms with van der Waals surface area (Å²) in [6.07, 6.45) is 0. The molecular weight excluding hydrogens is 320 g/mol. The van der Waals surface area contributed by atoms with Crippen LogP contribution in [0.15, 0.2) is 0 Å². The molecule has 0 aromatic rings. The maximum absolute atomic E-state index is 10.9. The van der Waals surface area contributed by atoms with Gasteiger partial charge in [-0.1, -0.05) is 0 Å². The number of hydrogen-bond acceptors (Lipinski definition) is 7. The highest BCUT2D eigenvalue weighted by Crippen LogP contribution is 2.02. The van der Waals surface area contributed by atoms with Crippen LogP contribution in [-0.4, -0.2) is 104 Å². The van der Waals surface area contributed by atoms with Crippen LogP contribution < -0.4 is 0 Å². The maximum Gasteiger partial charge on any atom is 0.332 e. The summed E-state index contributed by atoms with van der Waals surface area (Å²) in [7, 11) is 0. The lowest BCUT2D eigenvalue weighted by atomic mass is 10.2. The second-order valence-electron chi connectivity index (χ2n) is 4.44. The van der Waals surface area contributed by atoms with Crippen molar-refractivity contribution in [2.75, 3.05) is 32.7 Å². The zero-order chi connectivity index (χ0) is 18.2. The van der Waals surface area contributed by atoms with Crippen LogP contribution >= 0.6 is 0 Å². The molecule has 0 spiro atoms. The first kappa shape index (κ1) is 20.3. The maximum atomic E-state index is 10.9. The summed E-state index contributed by atoms with van der Waals surface area (Å²) in [4.78, 5) is 55.4. The van der Waals surface area contributed by atoms with Gasteiger partial charge in [-0.2, -0.15) is 0 Å². The Morgan fingerprint density at radius 2 is 1.04 bits per heavy atom. The molecule has 12 heteroatoms. The van der Waals surface area contributed by atoms with Crippen molar-refractivity contribution in [3.8, 4) is 0 Å². The van der Waals surface area contributed by atoms with E-state index in [1.54, 1.807) is 0 Å². The molecular formula is C11H16N2O10. The predicted molar refractivity (Wildman–Crippen MR) is 70.0 cm³/mol. The minimum atomic E-state index is -2.15. The molecule has 0 bridgehead atoms. The third-order valence-corrected chi connectivity index (χ3v) is 2.59. The van der Waals surface area contributed by atoms with E-state index >= 15 is 0 Å². The number of nitrogens with zero attached hydrogens (tertiary/aromatic N) is 2. The lowest BCUT2D eigenvalue weighted by molar-refractivity contribution is -0.158. The van der Waals surface area contributed by atoms with Gasteiger partial charge >= 0.3 is 29.8 Å². The molecule has 0 saturated heterocycles. The van der Waals surface area contributed by atoms with Crippen LogP contribution in [0.5, 0.6) is 0 Å². The third kappa shape index (κ3) is 8.33. The lowest BCUT2D eigenvalue weighted by Crippen LogP contribution is -2.51. The molecule has 0 saturated carbocycles. The fourth-order valence-corrected chi connectivity index (χ4v) is 1.76. The van der Waals surface area contributed by atoms with E-state index in [4.69, 9.17) is 25.5 Å². The fraction of sp³-hybridized carbons (Fsp3) is 0.545. The van der Waals surface area contributed by atoms with Gasteiger partial charge in [0.05, 0.1) is 19.6 Å². The number of aliphatic carboxylic acids is 5. The Hall–Kier alpha value is -2.73. The highest BCUT2D eigenvalue weighted by Gasteiger charge is 2.34. The molecule has 0 rings (SSSR count). The van der Waals surface area contributed by atoms with Crippen LogP contribution in [0.2, 0.25) is 0 Å². The zero-order valence-corrected chi connectivity index (χ0v) is 11.8. The summed E-state index contributed by atoms with van der Waals surface area (Å²) in [5.41, 5.74) is 0. The van der Waals surface area contributed by atoms with Gasteiger partial charge in [-0.15, -0.1) is 0 Å². The molecule has 0 atom stereocenters. The molecule has 130 valence electrons. The molecule has 0 aromatic carbocycles. The van der Waals surface area contributed by atoms with E-state index in [-0.39, 0.29) is 6.54 Å². The van der Waals surface area contributed by atoms with Crippen molar-refractivity contribution in [1.82, 2.24) is 9.80 Å². The SMILES string of the molecule is O=C(O)CN(CCN(CC(=O)O)C(C(=O)O)C(=O)O)CC(=O)O. The van der Waals surface area contributed by atoms with Crippen LogP contribution in [0.25, 0.3) is 0 Å². The highest BCUT2D eigenvalue weighted by molar-refractivity contribution is 5.97. The molecule has 5 N–H and O–H groups in total. The van der Waals surface area contributed by atoms with Crippen molar-refractivity contribution in [2.24, 2.45) is 0 Å². The van der Waals surface area contributed by atoms with E-state index in [0.29, 0.717) is 4.90 Å². The van der Waals surface area contributed by atoms with Crippen LogP contribution in [0.4, 0.5) is 0 Å². The average Bonchev–Trinajstić information content (AvgIpc) is 2.32. The fourth-order valence-electron chi connectivity index (χ4n) is 1.76. The first-order valence-corrected chi connectivity index (χ1v) is 6.12. The Balaban J connectivity index is 5.08. The molecule has 0 fully saturated rings. The van der Waals surface area contributed by atoms with E-state index in [1.807, 2.05) is 0 Å². The van der Waals surface area contributed by atoms with Crippen molar-refractivity contribution in [2.45, 2.75) is 6.04 Å². The van der Waals surface area contributed by atoms with Gasteiger partial charge in [-0.3, -0.25) is 24.2 Å². The number of carbonyl (C=O) groups is 5. The Morgan fingerprint density at radius 1 is 0.652 bits per heavy atom. The van der Waals surface area contributed by atoms with Gasteiger partial charge in [-0.05, 0) is 0 Å². The largest absolute Gasteiger partial charge is 0.480 e. The van der Waals surface area contributed by atoms with Crippen LogP contribution in [-0.2, 0) is 24.0 Å². The Bertz CT molecular complexity index is 461. The number of carboxylic acids is 5. The van der Waals surface area contributed by atoms with Gasteiger partial charge in [0.1, 0.15) is 0 Å². The van der Waals surface area contributed by atoms with Gasteiger partial charge in [-0.25, -0.2) is 9.59 Å². The normalized spacial score (nSPS) is 10.9. The first-order valence-electron chi connectivity index (χ1n) is 6.12. The Kier molecular flexibility index (Phi) is 8.21. The predicted octanol–water partition coefficient (Wildman–Crippen LogP) is -2.62. The second-order valence-corrected chi connectivity index (χ2v) is 4.44. The molecule has 0 heterocycles. The average molecular weight is 336 g/mol. The zero-order valence-electron chi connectivity index (χ0n) is 11.8. The van der Waals surface area contributed by atoms with Crippen LogP contribution in [0.3, 0.4) is 0 Å². The van der Waals surface area contributed by atoms with Gasteiger partial charge in [0.15, 0.2) is 0 Å². The molecule has 0 aromatic heterocycles. The minimum Gasteiger partial charge on any atom is -0.480 e. The van der Waals surface area contributed by atoms with Crippen molar-refractivity contribution in [3.05, 3.63) is 0 Å². The van der Waals surface area contributed by atoms with E-state index in [2.05, 4.69) is 0 Å². The highest BCUT2D eigenvalue weighted by atomic mass is 16.4. The van der Waals surface area contributed by atoms with Crippen LogP contribution in [0, 0.1) is 0 Å². The standard InChI is InChI=1S/C11H16N2O10/c14-6(15)3-12(4-7(16)17)1-2-13(5-8(18)19)9(10(20)21)11(22)23/h9H,1-5H2,(H,14,15)(H,16,17)(H,18,19)(H,20,21)(H,22,23). The van der Waals surface area contributed by atoms with Gasteiger partial charge in [0.2, 0.25) is 6.04 Å². The molecule has 12 nitrogen and oxygen atoms in total. The molecule has 0 amide bonds. The molecule has 23 heavy (non-hydrogen) atoms. The van der Waals surface area contributed by atoms with E-state index in [0.717, 1.165) is 4.90 Å². The number of carboxylic acid groups (broad SMARTS) is 5. The first-order chi connectivity index (χ1) is 10.5. The Labute approximate surface area is 129 Å². The summed E-state index contributed by atoms with van der Waals surface area (Å²) in [5, 5.41) is 43.8. The molecule has 0 aliphatic carbocycles. The Morgan fingerprint density at radius 3 is 1.35 bits per heavy atom. The lowest BCUT2D eigenvalue weighted by Gasteiger charge is -2.27. The van der Waals surface area contributed by atoms with Crippen molar-refractivity contribution in [3.63, 3.8) is 0 Å². The number of hydrogen-bond donors (Lipinski definition) is 5. The smallest absolute Gasteiger partial charge is 0.332 e. The molecule has 0 unspecified atom stereocenters. The van der Waals surface area contributed by atoms with E-state index in [1.165, 1.54) is 0 Å². The summed E-state index contributed by atoms with van der Waals surface area (Å²) in [6.45, 7) is -3.09. The van der Waals surface area contributed by atoms with Gasteiger partial charge in [0.25, 0.3) is 0 Å². The van der Waals surface area contributed by atoms with Crippen LogP contribution in [0.1, 0.15) is 0 Å². The molecule has 0 aliphatic heterocycles. The van der Waals surface area contributed by atoms with Crippen molar-refractivity contribution >= 4 is 29.8 Å². The molecule has 0 aliphatic rings. The number of rotatable bonds is 12. The van der Waals surface area contributed by atoms with Crippen molar-refractivity contribution < 1.29 is 49.5 Å². The van der Waals surface area contributed by atoms with E-state index in [9.17, 15) is 24.0 Å². The minimum absolute atomic E-state index is 0.344.